The number of nitrogens with one attached hydrogen (secondary N) is 1. The summed E-state index contributed by atoms with van der Waals surface area (Å²) in [4.78, 5) is 25.6. The van der Waals surface area contributed by atoms with E-state index in [0.29, 0.717) is 19.5 Å². The number of nitrogens with zero attached hydrogens (tertiary/aromatic N) is 1. The summed E-state index contributed by atoms with van der Waals surface area (Å²) in [6, 6.07) is -0.822. The number of methoxy groups -OCH3 is 1. The molecule has 0 aliphatic carbocycles. The number of thioether (sulfide) groups is 1. The summed E-state index contributed by atoms with van der Waals surface area (Å²) in [6.45, 7) is 4.93. The second-order valence-corrected chi connectivity index (χ2v) is 5.95. The van der Waals surface area contributed by atoms with Crippen molar-refractivity contribution in [3.05, 3.63) is 0 Å². The first-order chi connectivity index (χ1) is 9.47. The number of amides is 2. The van der Waals surface area contributed by atoms with Crippen molar-refractivity contribution in [3.63, 3.8) is 0 Å². The maximum atomic E-state index is 12.2. The van der Waals surface area contributed by atoms with E-state index < -0.39 is 12.0 Å². The summed E-state index contributed by atoms with van der Waals surface area (Å²) in [5, 5.41) is 2.76. The average molecular weight is 304 g/mol. The van der Waals surface area contributed by atoms with Gasteiger partial charge in [-0.2, -0.15) is 11.8 Å². The van der Waals surface area contributed by atoms with Gasteiger partial charge in [-0.15, -0.1) is 0 Å². The molecule has 2 unspecified atom stereocenters. The number of carbonyl (C=O) groups is 2. The lowest BCUT2D eigenvalue weighted by molar-refractivity contribution is -0.143. The number of ether oxygens (including phenoxy) is 2. The molecule has 0 aromatic heterocycles. The van der Waals surface area contributed by atoms with Gasteiger partial charge in [0.2, 0.25) is 0 Å². The Kier molecular flexibility index (Phi) is 7.15. The lowest BCUT2D eigenvalue weighted by Gasteiger charge is -2.35. The normalized spacial score (nSPS) is 24.1. The Morgan fingerprint density at radius 1 is 1.40 bits per heavy atom. The summed E-state index contributed by atoms with van der Waals surface area (Å²) in [6.07, 6.45) is 2.54. The second-order valence-electron chi connectivity index (χ2n) is 4.97. The van der Waals surface area contributed by atoms with Crippen LogP contribution in [0.4, 0.5) is 4.79 Å². The van der Waals surface area contributed by atoms with E-state index >= 15 is 0 Å². The van der Waals surface area contributed by atoms with Crippen LogP contribution in [-0.4, -0.2) is 67.4 Å². The molecule has 0 spiro atoms. The molecule has 3 atom stereocenters. The van der Waals surface area contributed by atoms with Crippen LogP contribution in [0.5, 0.6) is 0 Å². The SMILES string of the molecule is COC(=O)[C@@H](CCSC)NC(=O)N1CC(C)OC(C)C1. The number of esters is 1. The number of urea groups is 1. The summed E-state index contributed by atoms with van der Waals surface area (Å²) in [7, 11) is 1.33. The van der Waals surface area contributed by atoms with Gasteiger partial charge in [0.05, 0.1) is 19.3 Å². The summed E-state index contributed by atoms with van der Waals surface area (Å²) in [5.74, 6) is 0.387. The number of rotatable bonds is 5. The lowest BCUT2D eigenvalue weighted by Crippen LogP contribution is -2.55. The minimum absolute atomic E-state index is 0.00674. The van der Waals surface area contributed by atoms with Gasteiger partial charge >= 0.3 is 12.0 Å². The zero-order chi connectivity index (χ0) is 15.1. The van der Waals surface area contributed by atoms with Crippen molar-refractivity contribution in [3.8, 4) is 0 Å². The largest absolute Gasteiger partial charge is 0.467 e. The highest BCUT2D eigenvalue weighted by Gasteiger charge is 2.29. The highest BCUT2D eigenvalue weighted by molar-refractivity contribution is 7.98. The van der Waals surface area contributed by atoms with Crippen LogP contribution in [0.3, 0.4) is 0 Å². The van der Waals surface area contributed by atoms with Crippen molar-refractivity contribution in [1.29, 1.82) is 0 Å². The molecule has 1 N–H and O–H groups in total. The van der Waals surface area contributed by atoms with Crippen molar-refractivity contribution < 1.29 is 19.1 Å². The summed E-state index contributed by atoms with van der Waals surface area (Å²) in [5.41, 5.74) is 0. The molecule has 1 fully saturated rings. The second kappa shape index (κ2) is 8.36. The standard InChI is InChI=1S/C13H24N2O4S/c1-9-7-15(8-10(2)19-9)13(17)14-11(5-6-20-4)12(16)18-3/h9-11H,5-8H2,1-4H3,(H,14,17)/t9?,10?,11-/m1/s1. The molecule has 6 nitrogen and oxygen atoms in total. The van der Waals surface area contributed by atoms with Crippen molar-refractivity contribution in [2.24, 2.45) is 0 Å². The predicted molar refractivity (Wildman–Crippen MR) is 78.9 cm³/mol. The van der Waals surface area contributed by atoms with Gasteiger partial charge in [0, 0.05) is 13.1 Å². The molecule has 2 amide bonds. The molecule has 1 rings (SSSR count). The van der Waals surface area contributed by atoms with Crippen molar-refractivity contribution in [2.45, 2.75) is 38.5 Å². The van der Waals surface area contributed by atoms with E-state index in [1.54, 1.807) is 16.7 Å². The molecule has 7 heteroatoms. The molecule has 20 heavy (non-hydrogen) atoms. The van der Waals surface area contributed by atoms with Crippen LogP contribution < -0.4 is 5.32 Å². The van der Waals surface area contributed by atoms with E-state index in [2.05, 4.69) is 5.32 Å². The van der Waals surface area contributed by atoms with Crippen LogP contribution in [0.2, 0.25) is 0 Å². The van der Waals surface area contributed by atoms with Crippen molar-refractivity contribution in [2.75, 3.05) is 32.2 Å². The van der Waals surface area contributed by atoms with Crippen LogP contribution in [0.15, 0.2) is 0 Å². The number of hydrogen-bond donors (Lipinski definition) is 1. The Morgan fingerprint density at radius 2 is 2.00 bits per heavy atom. The van der Waals surface area contributed by atoms with Crippen LogP contribution in [0.1, 0.15) is 20.3 Å². The molecular weight excluding hydrogens is 280 g/mol. The fourth-order valence-electron chi connectivity index (χ4n) is 2.21. The Bertz CT molecular complexity index is 330. The summed E-state index contributed by atoms with van der Waals surface area (Å²) < 4.78 is 10.3. The third kappa shape index (κ3) is 5.20. The molecule has 1 saturated heterocycles. The molecule has 1 aliphatic heterocycles. The maximum Gasteiger partial charge on any atom is 0.328 e. The molecule has 116 valence electrons. The molecule has 0 aromatic rings. The number of carbonyl (C=O) groups excluding carboxylic acids is 2. The van der Waals surface area contributed by atoms with Crippen molar-refractivity contribution >= 4 is 23.8 Å². The van der Waals surface area contributed by atoms with E-state index in [9.17, 15) is 9.59 Å². The van der Waals surface area contributed by atoms with Gasteiger partial charge in [-0.1, -0.05) is 0 Å². The minimum Gasteiger partial charge on any atom is -0.467 e. The molecule has 0 saturated carbocycles. The number of morpholine rings is 1. The van der Waals surface area contributed by atoms with E-state index in [4.69, 9.17) is 9.47 Å². The fraction of sp³-hybridized carbons (Fsp3) is 0.846. The lowest BCUT2D eigenvalue weighted by atomic mass is 10.2. The van der Waals surface area contributed by atoms with Gasteiger partial charge in [-0.25, -0.2) is 9.59 Å². The molecule has 0 bridgehead atoms. The molecule has 1 heterocycles. The van der Waals surface area contributed by atoms with Gasteiger partial charge in [-0.3, -0.25) is 0 Å². The average Bonchev–Trinajstić information content (AvgIpc) is 2.41. The van der Waals surface area contributed by atoms with Gasteiger partial charge in [0.25, 0.3) is 0 Å². The number of hydrogen-bond acceptors (Lipinski definition) is 5. The van der Waals surface area contributed by atoms with Crippen LogP contribution in [0.25, 0.3) is 0 Å². The molecule has 0 aromatic carbocycles. The van der Waals surface area contributed by atoms with E-state index in [1.807, 2.05) is 20.1 Å². The smallest absolute Gasteiger partial charge is 0.328 e. The first-order valence-corrected chi connectivity index (χ1v) is 8.15. The Balaban J connectivity index is 2.57. The monoisotopic (exact) mass is 304 g/mol. The van der Waals surface area contributed by atoms with Crippen LogP contribution >= 0.6 is 11.8 Å². The van der Waals surface area contributed by atoms with Gasteiger partial charge in [0.15, 0.2) is 0 Å². The Labute approximate surface area is 124 Å². The quantitative estimate of drug-likeness (QED) is 0.770. The highest BCUT2D eigenvalue weighted by atomic mass is 32.2. The first-order valence-electron chi connectivity index (χ1n) is 6.75. The minimum atomic E-state index is -0.589. The zero-order valence-corrected chi connectivity index (χ0v) is 13.4. The maximum absolute atomic E-state index is 12.2. The molecule has 1 aliphatic rings. The predicted octanol–water partition coefficient (Wildman–Crippen LogP) is 1.10. The van der Waals surface area contributed by atoms with Crippen LogP contribution in [0, 0.1) is 0 Å². The molecular formula is C13H24N2O4S. The van der Waals surface area contributed by atoms with E-state index in [-0.39, 0.29) is 18.2 Å². The van der Waals surface area contributed by atoms with Crippen LogP contribution in [-0.2, 0) is 14.3 Å². The van der Waals surface area contributed by atoms with Gasteiger partial charge in [0.1, 0.15) is 6.04 Å². The Morgan fingerprint density at radius 3 is 2.50 bits per heavy atom. The first kappa shape index (κ1) is 17.1. The highest BCUT2D eigenvalue weighted by Crippen LogP contribution is 2.11. The topological polar surface area (TPSA) is 67.9 Å². The van der Waals surface area contributed by atoms with E-state index in [1.165, 1.54) is 7.11 Å². The van der Waals surface area contributed by atoms with Gasteiger partial charge in [-0.05, 0) is 32.3 Å². The Hall–Kier alpha value is -0.950. The molecule has 0 radical (unpaired) electrons. The fourth-order valence-corrected chi connectivity index (χ4v) is 2.68. The zero-order valence-electron chi connectivity index (χ0n) is 12.5. The van der Waals surface area contributed by atoms with E-state index in [0.717, 1.165) is 5.75 Å². The van der Waals surface area contributed by atoms with Crippen molar-refractivity contribution in [1.82, 2.24) is 10.2 Å². The third-order valence-corrected chi connectivity index (χ3v) is 3.74. The van der Waals surface area contributed by atoms with Gasteiger partial charge < -0.3 is 19.7 Å². The third-order valence-electron chi connectivity index (χ3n) is 3.10. The summed E-state index contributed by atoms with van der Waals surface area (Å²) >= 11 is 1.63.